The molecule has 0 spiro atoms. The van der Waals surface area contributed by atoms with Crippen molar-refractivity contribution in [2.75, 3.05) is 17.7 Å². The molecule has 0 saturated heterocycles. The summed E-state index contributed by atoms with van der Waals surface area (Å²) in [7, 11) is 0. The van der Waals surface area contributed by atoms with Crippen LogP contribution in [0.3, 0.4) is 0 Å². The molecule has 1 aromatic carbocycles. The molecule has 0 bridgehead atoms. The van der Waals surface area contributed by atoms with Crippen molar-refractivity contribution in [1.82, 2.24) is 0 Å². The molecule has 6 heteroatoms. The third-order valence-corrected chi connectivity index (χ3v) is 3.70. The molecule has 0 radical (unpaired) electrons. The second-order valence-corrected chi connectivity index (χ2v) is 5.02. The molecule has 1 aliphatic rings. The highest BCUT2D eigenvalue weighted by molar-refractivity contribution is 8.04. The van der Waals surface area contributed by atoms with Gasteiger partial charge in [0.25, 0.3) is 5.91 Å². The molecule has 0 atom stereocenters. The lowest BCUT2D eigenvalue weighted by atomic mass is 10.2. The molecule has 1 aliphatic heterocycles. The molecule has 0 unspecified atom stereocenters. The highest BCUT2D eigenvalue weighted by Gasteiger charge is 2.18. The molecule has 0 aliphatic carbocycles. The van der Waals surface area contributed by atoms with Gasteiger partial charge in [0.15, 0.2) is 0 Å². The Kier molecular flexibility index (Phi) is 4.11. The summed E-state index contributed by atoms with van der Waals surface area (Å²) in [5.74, 6) is 0.145. The van der Waals surface area contributed by atoms with Gasteiger partial charge in [0, 0.05) is 11.4 Å². The van der Waals surface area contributed by atoms with Crippen LogP contribution in [-0.2, 0) is 9.53 Å². The molecular formula is C13H13NO4S. The summed E-state index contributed by atoms with van der Waals surface area (Å²) in [4.78, 5) is 23.3. The van der Waals surface area contributed by atoms with Gasteiger partial charge in [-0.05, 0) is 31.2 Å². The van der Waals surface area contributed by atoms with E-state index in [1.54, 1.807) is 19.1 Å². The Balaban J connectivity index is 2.08. The van der Waals surface area contributed by atoms with Gasteiger partial charge in [-0.25, -0.2) is 4.79 Å². The summed E-state index contributed by atoms with van der Waals surface area (Å²) in [5, 5.41) is 11.5. The number of aromatic carboxylic acids is 1. The Morgan fingerprint density at radius 2 is 2.00 bits per heavy atom. The van der Waals surface area contributed by atoms with E-state index in [9.17, 15) is 9.59 Å². The average Bonchev–Trinajstić information content (AvgIpc) is 2.39. The number of hydrogen-bond acceptors (Lipinski definition) is 4. The zero-order chi connectivity index (χ0) is 13.8. The van der Waals surface area contributed by atoms with Crippen LogP contribution in [-0.4, -0.2) is 29.3 Å². The number of thioether (sulfide) groups is 1. The van der Waals surface area contributed by atoms with E-state index in [4.69, 9.17) is 9.84 Å². The largest absolute Gasteiger partial charge is 0.496 e. The number of hydrogen-bond donors (Lipinski definition) is 2. The molecule has 19 heavy (non-hydrogen) atoms. The van der Waals surface area contributed by atoms with E-state index in [1.165, 1.54) is 23.9 Å². The summed E-state index contributed by atoms with van der Waals surface area (Å²) >= 11 is 1.46. The van der Waals surface area contributed by atoms with Crippen LogP contribution in [0.5, 0.6) is 0 Å². The monoisotopic (exact) mass is 279 g/mol. The number of rotatable bonds is 3. The van der Waals surface area contributed by atoms with Gasteiger partial charge in [-0.3, -0.25) is 4.79 Å². The predicted octanol–water partition coefficient (Wildman–Crippen LogP) is 2.32. The highest BCUT2D eigenvalue weighted by Crippen LogP contribution is 2.26. The first-order chi connectivity index (χ1) is 9.08. The van der Waals surface area contributed by atoms with Crippen LogP contribution < -0.4 is 5.32 Å². The van der Waals surface area contributed by atoms with Crippen LogP contribution in [0.25, 0.3) is 0 Å². The number of carbonyl (C=O) groups is 2. The quantitative estimate of drug-likeness (QED) is 0.888. The Hall–Kier alpha value is -1.95. The maximum Gasteiger partial charge on any atom is 0.335 e. The zero-order valence-electron chi connectivity index (χ0n) is 10.3. The van der Waals surface area contributed by atoms with Crippen molar-refractivity contribution in [2.45, 2.75) is 6.92 Å². The molecule has 5 nitrogen and oxygen atoms in total. The van der Waals surface area contributed by atoms with E-state index in [0.717, 1.165) is 5.75 Å². The lowest BCUT2D eigenvalue weighted by molar-refractivity contribution is -0.112. The molecule has 1 heterocycles. The summed E-state index contributed by atoms with van der Waals surface area (Å²) in [6.45, 7) is 2.37. The topological polar surface area (TPSA) is 75.6 Å². The molecule has 2 rings (SSSR count). The van der Waals surface area contributed by atoms with Crippen molar-refractivity contribution in [3.8, 4) is 0 Å². The minimum atomic E-state index is -0.993. The standard InChI is InChI=1S/C13H13NO4S/c1-8-11(19-7-6-18-8)12(15)14-10-4-2-9(3-5-10)13(16)17/h2-5H,6-7H2,1H3,(H,14,15)(H,16,17). The summed E-state index contributed by atoms with van der Waals surface area (Å²) < 4.78 is 5.32. The van der Waals surface area contributed by atoms with E-state index in [-0.39, 0.29) is 11.5 Å². The number of nitrogens with one attached hydrogen (secondary N) is 1. The zero-order valence-corrected chi connectivity index (χ0v) is 11.1. The van der Waals surface area contributed by atoms with E-state index < -0.39 is 5.97 Å². The van der Waals surface area contributed by atoms with Gasteiger partial charge >= 0.3 is 5.97 Å². The maximum absolute atomic E-state index is 12.0. The van der Waals surface area contributed by atoms with Crippen molar-refractivity contribution in [2.24, 2.45) is 0 Å². The van der Waals surface area contributed by atoms with Gasteiger partial charge in [-0.2, -0.15) is 0 Å². The molecule has 0 saturated carbocycles. The summed E-state index contributed by atoms with van der Waals surface area (Å²) in [5.41, 5.74) is 0.741. The number of allylic oxidation sites excluding steroid dienone is 1. The first-order valence-electron chi connectivity index (χ1n) is 5.69. The number of amides is 1. The van der Waals surface area contributed by atoms with Crippen LogP contribution in [0.1, 0.15) is 17.3 Å². The first kappa shape index (κ1) is 13.5. The van der Waals surface area contributed by atoms with Crippen LogP contribution in [0.4, 0.5) is 5.69 Å². The second-order valence-electron chi connectivity index (χ2n) is 3.92. The van der Waals surface area contributed by atoms with Crippen LogP contribution in [0.15, 0.2) is 34.9 Å². The van der Waals surface area contributed by atoms with Gasteiger partial charge in [-0.15, -0.1) is 11.8 Å². The van der Waals surface area contributed by atoms with Gasteiger partial charge in [0.1, 0.15) is 10.7 Å². The van der Waals surface area contributed by atoms with Crippen LogP contribution in [0, 0.1) is 0 Å². The molecule has 1 aromatic rings. The minimum absolute atomic E-state index is 0.184. The number of benzene rings is 1. The Bertz CT molecular complexity index is 536. The smallest absolute Gasteiger partial charge is 0.335 e. The van der Waals surface area contributed by atoms with Gasteiger partial charge in [-0.1, -0.05) is 0 Å². The number of carboxylic acid groups (broad SMARTS) is 1. The number of carbonyl (C=O) groups excluding carboxylic acids is 1. The van der Waals surface area contributed by atoms with E-state index in [2.05, 4.69) is 5.32 Å². The summed E-state index contributed by atoms with van der Waals surface area (Å²) in [6.07, 6.45) is 0. The van der Waals surface area contributed by atoms with E-state index in [0.29, 0.717) is 23.0 Å². The van der Waals surface area contributed by atoms with Gasteiger partial charge in [0.05, 0.1) is 12.2 Å². The number of ether oxygens (including phenoxy) is 1. The molecule has 1 amide bonds. The Morgan fingerprint density at radius 1 is 1.32 bits per heavy atom. The molecule has 100 valence electrons. The van der Waals surface area contributed by atoms with E-state index >= 15 is 0 Å². The lowest BCUT2D eigenvalue weighted by Gasteiger charge is -2.17. The summed E-state index contributed by atoms with van der Waals surface area (Å²) in [6, 6.07) is 6.02. The van der Waals surface area contributed by atoms with E-state index in [1.807, 2.05) is 0 Å². The Labute approximate surface area is 114 Å². The SMILES string of the molecule is CC1=C(C(=O)Nc2ccc(C(=O)O)cc2)SCCO1. The molecule has 0 aromatic heterocycles. The predicted molar refractivity (Wildman–Crippen MR) is 73.1 cm³/mol. The third kappa shape index (κ3) is 3.29. The van der Waals surface area contributed by atoms with Crippen molar-refractivity contribution in [3.05, 3.63) is 40.5 Å². The first-order valence-corrected chi connectivity index (χ1v) is 6.67. The van der Waals surface area contributed by atoms with Crippen molar-refractivity contribution in [1.29, 1.82) is 0 Å². The molecule has 2 N–H and O–H groups in total. The van der Waals surface area contributed by atoms with Crippen molar-refractivity contribution >= 4 is 29.3 Å². The fourth-order valence-electron chi connectivity index (χ4n) is 1.62. The average molecular weight is 279 g/mol. The maximum atomic E-state index is 12.0. The van der Waals surface area contributed by atoms with Crippen LogP contribution in [0.2, 0.25) is 0 Å². The third-order valence-electron chi connectivity index (χ3n) is 2.56. The van der Waals surface area contributed by atoms with Crippen molar-refractivity contribution in [3.63, 3.8) is 0 Å². The minimum Gasteiger partial charge on any atom is -0.496 e. The molecule has 0 fully saturated rings. The van der Waals surface area contributed by atoms with Crippen LogP contribution >= 0.6 is 11.8 Å². The van der Waals surface area contributed by atoms with Gasteiger partial charge in [0.2, 0.25) is 0 Å². The normalized spacial score (nSPS) is 14.8. The van der Waals surface area contributed by atoms with Gasteiger partial charge < -0.3 is 15.2 Å². The van der Waals surface area contributed by atoms with Crippen molar-refractivity contribution < 1.29 is 19.4 Å². The number of anilines is 1. The Morgan fingerprint density at radius 3 is 2.58 bits per heavy atom. The highest BCUT2D eigenvalue weighted by atomic mass is 32.2. The fourth-order valence-corrected chi connectivity index (χ4v) is 2.43. The lowest BCUT2D eigenvalue weighted by Crippen LogP contribution is -2.18. The molecular weight excluding hydrogens is 266 g/mol. The second kappa shape index (κ2) is 5.79. The number of carboxylic acids is 1. The fraction of sp³-hybridized carbons (Fsp3) is 0.231.